The molecule has 152 valence electrons. The monoisotopic (exact) mass is 488 g/mol. The predicted octanol–water partition coefficient (Wildman–Crippen LogP) is 3.43. The van der Waals surface area contributed by atoms with Gasteiger partial charge in [0, 0.05) is 17.6 Å². The molecule has 0 saturated carbocycles. The van der Waals surface area contributed by atoms with Crippen LogP contribution in [0.25, 0.3) is 0 Å². The first-order valence-electron chi connectivity index (χ1n) is 8.70. The minimum absolute atomic E-state index is 0.0482. The fraction of sp³-hybridized carbons (Fsp3) is 0.333. The number of nitrogens with one attached hydrogen (secondary N) is 1. The summed E-state index contributed by atoms with van der Waals surface area (Å²) in [6.07, 6.45) is 2.60. The molecule has 2 aromatic carbocycles. The van der Waals surface area contributed by atoms with Gasteiger partial charge in [-0.1, -0.05) is 22.4 Å². The zero-order valence-electron chi connectivity index (χ0n) is 15.3. The van der Waals surface area contributed by atoms with Gasteiger partial charge in [-0.15, -0.1) is 0 Å². The van der Waals surface area contributed by atoms with E-state index in [9.17, 15) is 16.8 Å². The number of halogens is 1. The van der Waals surface area contributed by atoms with Crippen molar-refractivity contribution in [3.63, 3.8) is 0 Å². The van der Waals surface area contributed by atoms with Crippen molar-refractivity contribution in [1.82, 2.24) is 4.31 Å². The lowest BCUT2D eigenvalue weighted by Crippen LogP contribution is -2.35. The van der Waals surface area contributed by atoms with Crippen molar-refractivity contribution in [1.29, 1.82) is 0 Å². The molecule has 10 heteroatoms. The van der Waals surface area contributed by atoms with Crippen molar-refractivity contribution in [2.45, 2.75) is 29.1 Å². The van der Waals surface area contributed by atoms with E-state index in [1.54, 1.807) is 12.1 Å². The molecule has 1 fully saturated rings. The van der Waals surface area contributed by atoms with Crippen molar-refractivity contribution in [2.75, 3.05) is 24.9 Å². The number of benzene rings is 2. The van der Waals surface area contributed by atoms with Crippen LogP contribution in [-0.2, 0) is 20.0 Å². The molecular weight excluding hydrogens is 468 g/mol. The van der Waals surface area contributed by atoms with Gasteiger partial charge in [-0.05, 0) is 55.3 Å². The van der Waals surface area contributed by atoms with E-state index in [0.29, 0.717) is 13.1 Å². The molecule has 1 saturated heterocycles. The van der Waals surface area contributed by atoms with Gasteiger partial charge < -0.3 is 4.74 Å². The summed E-state index contributed by atoms with van der Waals surface area (Å²) in [6.45, 7) is 0.890. The van der Waals surface area contributed by atoms with Gasteiger partial charge in [-0.25, -0.2) is 16.8 Å². The van der Waals surface area contributed by atoms with Crippen molar-refractivity contribution >= 4 is 41.7 Å². The Balaban J connectivity index is 1.95. The number of nitrogens with zero attached hydrogens (tertiary/aromatic N) is 1. The first kappa shape index (κ1) is 21.1. The molecule has 1 N–H and O–H groups in total. The van der Waals surface area contributed by atoms with Gasteiger partial charge in [0.25, 0.3) is 10.0 Å². The molecule has 0 unspecified atom stereocenters. The highest BCUT2D eigenvalue weighted by atomic mass is 79.9. The minimum Gasteiger partial charge on any atom is -0.495 e. The second kappa shape index (κ2) is 8.40. The third kappa shape index (κ3) is 4.51. The van der Waals surface area contributed by atoms with Crippen molar-refractivity contribution in [3.8, 4) is 5.75 Å². The molecule has 1 aliphatic rings. The lowest BCUT2D eigenvalue weighted by atomic mass is 10.2. The Hall–Kier alpha value is -1.62. The van der Waals surface area contributed by atoms with E-state index in [1.165, 1.54) is 41.7 Å². The second-order valence-electron chi connectivity index (χ2n) is 6.39. The van der Waals surface area contributed by atoms with Crippen molar-refractivity contribution in [3.05, 3.63) is 46.9 Å². The number of hydrogen-bond donors (Lipinski definition) is 1. The SMILES string of the molecule is COc1ccc(NS(=O)(=O)c2ccc(Br)cc2)cc1S(=O)(=O)N1CCCCC1. The average Bonchev–Trinajstić information content (AvgIpc) is 2.68. The Morgan fingerprint density at radius 3 is 2.21 bits per heavy atom. The fourth-order valence-corrected chi connectivity index (χ4v) is 6.03. The zero-order chi connectivity index (χ0) is 20.4. The van der Waals surface area contributed by atoms with Gasteiger partial charge in [0.1, 0.15) is 10.6 Å². The van der Waals surface area contributed by atoms with Gasteiger partial charge in [-0.2, -0.15) is 4.31 Å². The Morgan fingerprint density at radius 2 is 1.61 bits per heavy atom. The molecule has 0 aliphatic carbocycles. The van der Waals surface area contributed by atoms with Crippen LogP contribution in [0.1, 0.15) is 19.3 Å². The number of methoxy groups -OCH3 is 1. The molecular formula is C18H21BrN2O5S2. The summed E-state index contributed by atoms with van der Waals surface area (Å²) in [5.74, 6) is 0.178. The van der Waals surface area contributed by atoms with E-state index in [1.807, 2.05) is 0 Å². The molecule has 2 aromatic rings. The molecule has 28 heavy (non-hydrogen) atoms. The van der Waals surface area contributed by atoms with Gasteiger partial charge in [0.05, 0.1) is 17.7 Å². The third-order valence-corrected chi connectivity index (χ3v) is 8.32. The van der Waals surface area contributed by atoms with E-state index in [0.717, 1.165) is 23.7 Å². The quantitative estimate of drug-likeness (QED) is 0.671. The molecule has 0 radical (unpaired) electrons. The van der Waals surface area contributed by atoms with Crippen LogP contribution < -0.4 is 9.46 Å². The lowest BCUT2D eigenvalue weighted by Gasteiger charge is -2.26. The minimum atomic E-state index is -3.86. The summed E-state index contributed by atoms with van der Waals surface area (Å²) >= 11 is 3.26. The number of hydrogen-bond acceptors (Lipinski definition) is 5. The summed E-state index contributed by atoms with van der Waals surface area (Å²) in [7, 11) is -6.26. The van der Waals surface area contributed by atoms with E-state index in [2.05, 4.69) is 20.7 Å². The van der Waals surface area contributed by atoms with Gasteiger partial charge >= 0.3 is 0 Å². The number of anilines is 1. The average molecular weight is 489 g/mol. The van der Waals surface area contributed by atoms with Crippen LogP contribution in [0.5, 0.6) is 5.75 Å². The zero-order valence-corrected chi connectivity index (χ0v) is 18.5. The Labute approximate surface area is 173 Å². The van der Waals surface area contributed by atoms with Crippen LogP contribution in [0.15, 0.2) is 56.7 Å². The highest BCUT2D eigenvalue weighted by molar-refractivity contribution is 9.10. The van der Waals surface area contributed by atoms with E-state index < -0.39 is 20.0 Å². The van der Waals surface area contributed by atoms with Gasteiger partial charge in [-0.3, -0.25) is 4.72 Å². The Morgan fingerprint density at radius 1 is 0.964 bits per heavy atom. The summed E-state index contributed by atoms with van der Waals surface area (Å²) in [6, 6.07) is 10.4. The molecule has 0 atom stereocenters. The maximum Gasteiger partial charge on any atom is 0.261 e. The lowest BCUT2D eigenvalue weighted by molar-refractivity contribution is 0.343. The van der Waals surface area contributed by atoms with Crippen molar-refractivity contribution in [2.24, 2.45) is 0 Å². The molecule has 3 rings (SSSR count). The molecule has 1 aliphatic heterocycles. The predicted molar refractivity (Wildman–Crippen MR) is 111 cm³/mol. The Bertz CT molecular complexity index is 1050. The second-order valence-corrected chi connectivity index (χ2v) is 10.9. The fourth-order valence-electron chi connectivity index (χ4n) is 3.01. The van der Waals surface area contributed by atoms with E-state index >= 15 is 0 Å². The van der Waals surface area contributed by atoms with Crippen LogP contribution in [0.4, 0.5) is 5.69 Å². The first-order valence-corrected chi connectivity index (χ1v) is 12.4. The van der Waals surface area contributed by atoms with Crippen LogP contribution in [0.2, 0.25) is 0 Å². The molecule has 0 spiro atoms. The maximum absolute atomic E-state index is 13.1. The van der Waals surface area contributed by atoms with Crippen LogP contribution >= 0.6 is 15.9 Å². The summed E-state index contributed by atoms with van der Waals surface area (Å²) in [4.78, 5) is 0.0276. The van der Waals surface area contributed by atoms with Crippen LogP contribution in [-0.4, -0.2) is 41.3 Å². The standard InChI is InChI=1S/C18H21BrN2O5S2/c1-26-17-10-7-15(20-27(22,23)16-8-5-14(19)6-9-16)13-18(17)28(24,25)21-11-3-2-4-12-21/h5-10,13,20H,2-4,11-12H2,1H3. The molecule has 0 amide bonds. The number of rotatable bonds is 6. The van der Waals surface area contributed by atoms with Crippen LogP contribution in [0, 0.1) is 0 Å². The number of sulfonamides is 2. The van der Waals surface area contributed by atoms with Crippen LogP contribution in [0.3, 0.4) is 0 Å². The largest absolute Gasteiger partial charge is 0.495 e. The van der Waals surface area contributed by atoms with E-state index in [4.69, 9.17) is 4.74 Å². The third-order valence-electron chi connectivity index (χ3n) is 4.47. The molecule has 0 bridgehead atoms. The molecule has 0 aromatic heterocycles. The Kier molecular flexibility index (Phi) is 6.33. The normalized spacial score (nSPS) is 15.9. The highest BCUT2D eigenvalue weighted by Crippen LogP contribution is 2.32. The van der Waals surface area contributed by atoms with Gasteiger partial charge in [0.2, 0.25) is 10.0 Å². The number of ether oxygens (including phenoxy) is 1. The highest BCUT2D eigenvalue weighted by Gasteiger charge is 2.29. The summed E-state index contributed by atoms with van der Waals surface area (Å²) < 4.78 is 61.2. The topological polar surface area (TPSA) is 92.8 Å². The summed E-state index contributed by atoms with van der Waals surface area (Å²) in [5, 5.41) is 0. The molecule has 1 heterocycles. The molecule has 7 nitrogen and oxygen atoms in total. The van der Waals surface area contributed by atoms with E-state index in [-0.39, 0.29) is 21.2 Å². The maximum atomic E-state index is 13.1. The summed E-state index contributed by atoms with van der Waals surface area (Å²) in [5.41, 5.74) is 0.152. The number of piperidine rings is 1. The smallest absolute Gasteiger partial charge is 0.261 e. The van der Waals surface area contributed by atoms with Gasteiger partial charge in [0.15, 0.2) is 0 Å². The first-order chi connectivity index (χ1) is 13.2. The van der Waals surface area contributed by atoms with Crippen molar-refractivity contribution < 1.29 is 21.6 Å².